The summed E-state index contributed by atoms with van der Waals surface area (Å²) in [6.07, 6.45) is 5.22. The molecule has 0 spiro atoms. The summed E-state index contributed by atoms with van der Waals surface area (Å²) in [5.41, 5.74) is 1.63. The number of likely N-dealkylation sites (tertiary alicyclic amines) is 1. The lowest BCUT2D eigenvalue weighted by molar-refractivity contribution is -0.144. The van der Waals surface area contributed by atoms with Crippen molar-refractivity contribution < 1.29 is 19.2 Å². The molecule has 37 heavy (non-hydrogen) atoms. The summed E-state index contributed by atoms with van der Waals surface area (Å²) in [4.78, 5) is 55.5. The standard InChI is InChI=1S/C29H32ClN3O4/c1-2-31-27(35)25(18-20-10-4-3-5-11-20)33(19-21-12-6-9-15-24(21)30)26(34)16-17-32-28(36)22-13-7-8-14-23(22)29(32)37/h3-12,15,22-23,25H,2,13-14,16-19H2,1H3,(H,31,35)/t22-,23+,25-/m0/s1. The van der Waals surface area contributed by atoms with Gasteiger partial charge >= 0.3 is 0 Å². The van der Waals surface area contributed by atoms with Crippen molar-refractivity contribution in [2.45, 2.75) is 45.2 Å². The fourth-order valence-corrected chi connectivity index (χ4v) is 5.29. The molecule has 7 nitrogen and oxygen atoms in total. The Balaban J connectivity index is 1.58. The first-order valence-electron chi connectivity index (χ1n) is 12.8. The van der Waals surface area contributed by atoms with Gasteiger partial charge in [-0.3, -0.25) is 24.1 Å². The number of fused-ring (bicyclic) bond motifs is 1. The summed E-state index contributed by atoms with van der Waals surface area (Å²) in [7, 11) is 0. The van der Waals surface area contributed by atoms with Gasteiger partial charge in [0.15, 0.2) is 0 Å². The molecule has 0 saturated carbocycles. The number of amides is 4. The summed E-state index contributed by atoms with van der Waals surface area (Å²) >= 11 is 6.43. The van der Waals surface area contributed by atoms with Gasteiger partial charge in [0.2, 0.25) is 23.6 Å². The molecule has 0 unspecified atom stereocenters. The highest BCUT2D eigenvalue weighted by atomic mass is 35.5. The van der Waals surface area contributed by atoms with Crippen LogP contribution >= 0.6 is 11.6 Å². The number of nitrogens with one attached hydrogen (secondary N) is 1. The Morgan fingerprint density at radius 2 is 1.62 bits per heavy atom. The molecule has 1 N–H and O–H groups in total. The van der Waals surface area contributed by atoms with Gasteiger partial charge < -0.3 is 10.2 Å². The highest BCUT2D eigenvalue weighted by molar-refractivity contribution is 6.31. The van der Waals surface area contributed by atoms with Crippen molar-refractivity contribution in [2.75, 3.05) is 13.1 Å². The second-order valence-electron chi connectivity index (χ2n) is 9.45. The Kier molecular flexibility index (Phi) is 8.77. The van der Waals surface area contributed by atoms with Crippen LogP contribution in [0.3, 0.4) is 0 Å². The van der Waals surface area contributed by atoms with Crippen LogP contribution in [0.2, 0.25) is 5.02 Å². The van der Waals surface area contributed by atoms with Crippen LogP contribution in [0.5, 0.6) is 0 Å². The van der Waals surface area contributed by atoms with Crippen LogP contribution in [0.4, 0.5) is 0 Å². The van der Waals surface area contributed by atoms with E-state index < -0.39 is 6.04 Å². The second kappa shape index (κ2) is 12.2. The second-order valence-corrected chi connectivity index (χ2v) is 9.85. The third-order valence-corrected chi connectivity index (χ3v) is 7.44. The summed E-state index contributed by atoms with van der Waals surface area (Å²) in [5.74, 6) is -1.69. The van der Waals surface area contributed by atoms with E-state index in [0.29, 0.717) is 36.4 Å². The smallest absolute Gasteiger partial charge is 0.243 e. The van der Waals surface area contributed by atoms with Crippen molar-refractivity contribution in [1.29, 1.82) is 0 Å². The number of allylic oxidation sites excluding steroid dienone is 2. The number of rotatable bonds is 10. The first-order chi connectivity index (χ1) is 17.9. The summed E-state index contributed by atoms with van der Waals surface area (Å²) in [6.45, 7) is 2.38. The van der Waals surface area contributed by atoms with E-state index in [-0.39, 0.29) is 55.0 Å². The molecular weight excluding hydrogens is 490 g/mol. The maximum absolute atomic E-state index is 13.7. The van der Waals surface area contributed by atoms with Crippen LogP contribution in [0, 0.1) is 11.8 Å². The van der Waals surface area contributed by atoms with E-state index >= 15 is 0 Å². The van der Waals surface area contributed by atoms with E-state index in [1.54, 1.807) is 6.07 Å². The minimum atomic E-state index is -0.789. The number of nitrogens with zero attached hydrogens (tertiary/aromatic N) is 2. The van der Waals surface area contributed by atoms with Crippen LogP contribution in [0.1, 0.15) is 37.3 Å². The van der Waals surface area contributed by atoms with E-state index in [1.807, 2.05) is 67.6 Å². The molecule has 1 saturated heterocycles. The van der Waals surface area contributed by atoms with Crippen molar-refractivity contribution in [3.8, 4) is 0 Å². The zero-order chi connectivity index (χ0) is 26.4. The van der Waals surface area contributed by atoms with Crippen LogP contribution in [0.15, 0.2) is 66.7 Å². The molecule has 1 fully saturated rings. The van der Waals surface area contributed by atoms with Crippen molar-refractivity contribution in [1.82, 2.24) is 15.1 Å². The number of halogens is 1. The lowest BCUT2D eigenvalue weighted by Gasteiger charge is -2.32. The molecule has 2 aliphatic rings. The number of likely N-dealkylation sites (N-methyl/N-ethyl adjacent to an activating group) is 1. The molecular formula is C29H32ClN3O4. The molecule has 194 valence electrons. The Bertz CT molecular complexity index is 1160. The summed E-state index contributed by atoms with van der Waals surface area (Å²) in [5, 5.41) is 3.35. The topological polar surface area (TPSA) is 86.8 Å². The van der Waals surface area contributed by atoms with E-state index in [9.17, 15) is 19.2 Å². The highest BCUT2D eigenvalue weighted by Crippen LogP contribution is 2.35. The van der Waals surface area contributed by atoms with Crippen molar-refractivity contribution >= 4 is 35.2 Å². The van der Waals surface area contributed by atoms with Crippen molar-refractivity contribution in [3.05, 3.63) is 82.9 Å². The molecule has 1 aliphatic carbocycles. The number of benzene rings is 2. The third-order valence-electron chi connectivity index (χ3n) is 7.07. The van der Waals surface area contributed by atoms with Gasteiger partial charge in [0.05, 0.1) is 11.8 Å². The molecule has 0 bridgehead atoms. The number of carbonyl (C=O) groups is 4. The Hall–Kier alpha value is -3.45. The molecule has 1 heterocycles. The molecule has 3 atom stereocenters. The van der Waals surface area contributed by atoms with Gasteiger partial charge in [0, 0.05) is 37.5 Å². The van der Waals surface area contributed by atoms with Crippen LogP contribution in [-0.2, 0) is 32.1 Å². The monoisotopic (exact) mass is 521 g/mol. The quantitative estimate of drug-likeness (QED) is 0.381. The molecule has 0 aromatic heterocycles. The van der Waals surface area contributed by atoms with Crippen LogP contribution < -0.4 is 5.32 Å². The molecule has 2 aromatic rings. The first kappa shape index (κ1) is 26.6. The van der Waals surface area contributed by atoms with E-state index in [1.165, 1.54) is 9.80 Å². The van der Waals surface area contributed by atoms with Crippen molar-refractivity contribution in [2.24, 2.45) is 11.8 Å². The van der Waals surface area contributed by atoms with Gasteiger partial charge in [-0.05, 0) is 37.0 Å². The molecule has 2 aromatic carbocycles. The van der Waals surface area contributed by atoms with E-state index in [2.05, 4.69) is 5.32 Å². The number of hydrogen-bond acceptors (Lipinski definition) is 4. The molecule has 1 aliphatic heterocycles. The largest absolute Gasteiger partial charge is 0.355 e. The van der Waals surface area contributed by atoms with Gasteiger partial charge in [-0.2, -0.15) is 0 Å². The Morgan fingerprint density at radius 3 is 2.24 bits per heavy atom. The maximum Gasteiger partial charge on any atom is 0.243 e. The fourth-order valence-electron chi connectivity index (χ4n) is 5.10. The zero-order valence-corrected chi connectivity index (χ0v) is 21.7. The molecule has 4 amide bonds. The molecule has 0 radical (unpaired) electrons. The van der Waals surface area contributed by atoms with Crippen LogP contribution in [-0.4, -0.2) is 52.6 Å². The number of carbonyl (C=O) groups excluding carboxylic acids is 4. The Labute approximate surface area is 222 Å². The minimum absolute atomic E-state index is 0.00399. The third kappa shape index (κ3) is 6.10. The van der Waals surface area contributed by atoms with Gasteiger partial charge in [-0.15, -0.1) is 0 Å². The summed E-state index contributed by atoms with van der Waals surface area (Å²) < 4.78 is 0. The van der Waals surface area contributed by atoms with E-state index in [0.717, 1.165) is 5.56 Å². The van der Waals surface area contributed by atoms with Gasteiger partial charge in [0.25, 0.3) is 0 Å². The van der Waals surface area contributed by atoms with Crippen LogP contribution in [0.25, 0.3) is 0 Å². The predicted molar refractivity (Wildman–Crippen MR) is 141 cm³/mol. The van der Waals surface area contributed by atoms with Crippen molar-refractivity contribution in [3.63, 3.8) is 0 Å². The minimum Gasteiger partial charge on any atom is -0.355 e. The van der Waals surface area contributed by atoms with Gasteiger partial charge in [0.1, 0.15) is 6.04 Å². The zero-order valence-electron chi connectivity index (χ0n) is 20.9. The average Bonchev–Trinajstić information content (AvgIpc) is 3.15. The predicted octanol–water partition coefficient (Wildman–Crippen LogP) is 3.76. The van der Waals surface area contributed by atoms with Gasteiger partial charge in [-0.1, -0.05) is 72.3 Å². The normalized spacial score (nSPS) is 19.5. The Morgan fingerprint density at radius 1 is 1.00 bits per heavy atom. The molecule has 8 heteroatoms. The maximum atomic E-state index is 13.7. The SMILES string of the molecule is CCNC(=O)[C@H](Cc1ccccc1)N(Cc1ccccc1Cl)C(=O)CCN1C(=O)[C@H]2CC=CC[C@H]2C1=O. The lowest BCUT2D eigenvalue weighted by atomic mass is 9.85. The molecule has 4 rings (SSSR count). The average molecular weight is 522 g/mol. The summed E-state index contributed by atoms with van der Waals surface area (Å²) in [6, 6.07) is 15.9. The number of hydrogen-bond donors (Lipinski definition) is 1. The van der Waals surface area contributed by atoms with Gasteiger partial charge in [-0.25, -0.2) is 0 Å². The first-order valence-corrected chi connectivity index (χ1v) is 13.1. The fraction of sp³-hybridized carbons (Fsp3) is 0.379. The van der Waals surface area contributed by atoms with E-state index in [4.69, 9.17) is 11.6 Å². The lowest BCUT2D eigenvalue weighted by Crippen LogP contribution is -2.51. The number of imide groups is 1. The highest BCUT2D eigenvalue weighted by Gasteiger charge is 2.47.